The van der Waals surface area contributed by atoms with Crippen molar-refractivity contribution in [1.82, 2.24) is 19.9 Å². The van der Waals surface area contributed by atoms with Crippen molar-refractivity contribution in [2.45, 2.75) is 33.7 Å². The van der Waals surface area contributed by atoms with Crippen LogP contribution in [0.25, 0.3) is 21.9 Å². The smallest absolute Gasteiger partial charge is 0.268 e. The van der Waals surface area contributed by atoms with E-state index >= 15 is 0 Å². The molecule has 0 saturated carbocycles. The average molecular weight is 390 g/mol. The topological polar surface area (TPSA) is 71.9 Å². The highest BCUT2D eigenvalue weighted by Gasteiger charge is 2.20. The highest BCUT2D eigenvalue weighted by Crippen LogP contribution is 2.29. The molecule has 0 aliphatic heterocycles. The Bertz CT molecular complexity index is 1140. The molecule has 6 nitrogen and oxygen atoms in total. The molecular weight excluding hydrogens is 364 g/mol. The van der Waals surface area contributed by atoms with Gasteiger partial charge in [-0.25, -0.2) is 4.98 Å². The molecule has 2 heterocycles. The summed E-state index contributed by atoms with van der Waals surface area (Å²) in [6, 6.07) is 13.9. The highest BCUT2D eigenvalue weighted by molar-refractivity contribution is 6.02. The number of nitrogens with one attached hydrogen (secondary N) is 2. The van der Waals surface area contributed by atoms with Crippen LogP contribution in [0.4, 0.5) is 0 Å². The van der Waals surface area contributed by atoms with E-state index in [1.165, 1.54) is 0 Å². The minimum absolute atomic E-state index is 0.0605. The molecule has 4 aromatic rings. The van der Waals surface area contributed by atoms with Gasteiger partial charge in [-0.05, 0) is 56.7 Å². The quantitative estimate of drug-likeness (QED) is 0.496. The summed E-state index contributed by atoms with van der Waals surface area (Å²) in [5.74, 6) is 1.64. The molecule has 0 aliphatic rings. The Hall–Kier alpha value is -3.28. The van der Waals surface area contributed by atoms with Crippen LogP contribution in [0.3, 0.4) is 0 Å². The number of H-pyrrole nitrogens is 1. The minimum Gasteiger partial charge on any atom is -0.494 e. The molecule has 2 aromatic carbocycles. The second-order valence-corrected chi connectivity index (χ2v) is 7.04. The van der Waals surface area contributed by atoms with E-state index in [-0.39, 0.29) is 5.91 Å². The van der Waals surface area contributed by atoms with E-state index in [1.807, 2.05) is 56.3 Å². The molecular formula is C23H26N4O2. The number of para-hydroxylation sites is 2. The van der Waals surface area contributed by atoms with Gasteiger partial charge < -0.3 is 19.6 Å². The lowest BCUT2D eigenvalue weighted by atomic mass is 10.1. The van der Waals surface area contributed by atoms with Crippen molar-refractivity contribution in [3.05, 3.63) is 59.5 Å². The second-order valence-electron chi connectivity index (χ2n) is 7.04. The number of aryl methyl sites for hydroxylation is 2. The van der Waals surface area contributed by atoms with Gasteiger partial charge in [0.15, 0.2) is 0 Å². The number of nitrogens with zero attached hydrogens (tertiary/aromatic N) is 2. The van der Waals surface area contributed by atoms with Gasteiger partial charge in [0.05, 0.1) is 17.6 Å². The molecule has 0 radical (unpaired) electrons. The number of aromatic amines is 1. The number of carbonyl (C=O) groups excluding carboxylic acids is 1. The van der Waals surface area contributed by atoms with Crippen LogP contribution in [-0.2, 0) is 13.0 Å². The molecule has 0 aliphatic carbocycles. The summed E-state index contributed by atoms with van der Waals surface area (Å²) in [4.78, 5) is 20.9. The van der Waals surface area contributed by atoms with Gasteiger partial charge in [-0.3, -0.25) is 4.79 Å². The fraction of sp³-hybridized carbons (Fsp3) is 0.304. The summed E-state index contributed by atoms with van der Waals surface area (Å²) in [7, 11) is 0. The zero-order chi connectivity index (χ0) is 20.4. The van der Waals surface area contributed by atoms with E-state index < -0.39 is 0 Å². The summed E-state index contributed by atoms with van der Waals surface area (Å²) in [6.07, 6.45) is 0.653. The lowest BCUT2D eigenvalue weighted by Crippen LogP contribution is -2.28. The van der Waals surface area contributed by atoms with Crippen LogP contribution < -0.4 is 10.1 Å². The first-order valence-electron chi connectivity index (χ1n) is 10.1. The molecule has 0 fully saturated rings. The van der Waals surface area contributed by atoms with Gasteiger partial charge in [-0.15, -0.1) is 0 Å². The van der Waals surface area contributed by atoms with Crippen molar-refractivity contribution in [2.24, 2.45) is 0 Å². The molecule has 2 N–H and O–H groups in total. The number of imidazole rings is 1. The van der Waals surface area contributed by atoms with Gasteiger partial charge in [-0.2, -0.15) is 0 Å². The molecule has 0 unspecified atom stereocenters. The summed E-state index contributed by atoms with van der Waals surface area (Å²) < 4.78 is 7.70. The molecule has 150 valence electrons. The predicted octanol–water partition coefficient (Wildman–Crippen LogP) is 4.22. The Morgan fingerprint density at radius 2 is 2.03 bits per heavy atom. The zero-order valence-electron chi connectivity index (χ0n) is 17.1. The van der Waals surface area contributed by atoms with E-state index in [4.69, 9.17) is 4.74 Å². The van der Waals surface area contributed by atoms with Gasteiger partial charge in [0, 0.05) is 30.4 Å². The lowest BCUT2D eigenvalue weighted by Gasteiger charge is -2.09. The minimum atomic E-state index is -0.0605. The maximum Gasteiger partial charge on any atom is 0.268 e. The fourth-order valence-corrected chi connectivity index (χ4v) is 3.88. The second kappa shape index (κ2) is 7.99. The standard InChI is InChI=1S/C23H26N4O2/c1-4-27-20-11-10-16(29-5-2)14-17(20)15(3)22(27)23(28)24-13-12-21-25-18-8-6-7-9-19(18)26-21/h6-11,14H,4-5,12-13H2,1-3H3,(H,24,28)(H,25,26). The zero-order valence-corrected chi connectivity index (χ0v) is 17.1. The van der Waals surface area contributed by atoms with Gasteiger partial charge >= 0.3 is 0 Å². The Labute approximate surface area is 169 Å². The monoisotopic (exact) mass is 390 g/mol. The third kappa shape index (κ3) is 3.58. The van der Waals surface area contributed by atoms with E-state index in [0.29, 0.717) is 25.3 Å². The van der Waals surface area contributed by atoms with Crippen molar-refractivity contribution in [1.29, 1.82) is 0 Å². The average Bonchev–Trinajstić information content (AvgIpc) is 3.26. The first kappa shape index (κ1) is 19.1. The van der Waals surface area contributed by atoms with Crippen molar-refractivity contribution in [3.63, 3.8) is 0 Å². The van der Waals surface area contributed by atoms with E-state index in [2.05, 4.69) is 26.8 Å². The molecule has 0 bridgehead atoms. The van der Waals surface area contributed by atoms with Crippen molar-refractivity contribution in [3.8, 4) is 5.75 Å². The fourth-order valence-electron chi connectivity index (χ4n) is 3.88. The van der Waals surface area contributed by atoms with E-state index in [0.717, 1.165) is 45.6 Å². The lowest BCUT2D eigenvalue weighted by molar-refractivity contribution is 0.0944. The first-order chi connectivity index (χ1) is 14.1. The Morgan fingerprint density at radius 3 is 2.79 bits per heavy atom. The van der Waals surface area contributed by atoms with Crippen LogP contribution in [0.1, 0.15) is 35.7 Å². The van der Waals surface area contributed by atoms with Crippen LogP contribution >= 0.6 is 0 Å². The van der Waals surface area contributed by atoms with Crippen molar-refractivity contribution in [2.75, 3.05) is 13.2 Å². The molecule has 0 saturated heterocycles. The summed E-state index contributed by atoms with van der Waals surface area (Å²) >= 11 is 0. The van der Waals surface area contributed by atoms with E-state index in [9.17, 15) is 4.79 Å². The normalized spacial score (nSPS) is 11.3. The first-order valence-corrected chi connectivity index (χ1v) is 10.1. The molecule has 0 atom stereocenters. The van der Waals surface area contributed by atoms with Gasteiger partial charge in [0.25, 0.3) is 5.91 Å². The number of rotatable bonds is 7. The molecule has 1 amide bonds. The maximum atomic E-state index is 13.0. The number of benzene rings is 2. The molecule has 4 rings (SSSR count). The number of aromatic nitrogens is 3. The molecule has 6 heteroatoms. The number of fused-ring (bicyclic) bond motifs is 2. The number of ether oxygens (including phenoxy) is 1. The maximum absolute atomic E-state index is 13.0. The summed E-state index contributed by atoms with van der Waals surface area (Å²) in [5.41, 5.74) is 4.70. The number of hydrogen-bond donors (Lipinski definition) is 2. The summed E-state index contributed by atoms with van der Waals surface area (Å²) in [6.45, 7) is 7.89. The van der Waals surface area contributed by atoms with Crippen LogP contribution in [-0.4, -0.2) is 33.6 Å². The van der Waals surface area contributed by atoms with Crippen LogP contribution in [0.15, 0.2) is 42.5 Å². The Kier molecular flexibility index (Phi) is 5.25. The van der Waals surface area contributed by atoms with Gasteiger partial charge in [0.1, 0.15) is 17.3 Å². The van der Waals surface area contributed by atoms with Crippen LogP contribution in [0, 0.1) is 6.92 Å². The number of hydrogen-bond acceptors (Lipinski definition) is 3. The van der Waals surface area contributed by atoms with Crippen molar-refractivity contribution >= 4 is 27.8 Å². The Balaban J connectivity index is 1.53. The van der Waals surface area contributed by atoms with Gasteiger partial charge in [-0.1, -0.05) is 12.1 Å². The van der Waals surface area contributed by atoms with Crippen LogP contribution in [0.2, 0.25) is 0 Å². The van der Waals surface area contributed by atoms with Crippen molar-refractivity contribution < 1.29 is 9.53 Å². The molecule has 2 aromatic heterocycles. The largest absolute Gasteiger partial charge is 0.494 e. The SMILES string of the molecule is CCOc1ccc2c(c1)c(C)c(C(=O)NCCc1nc3ccccc3[nH]1)n2CC. The predicted molar refractivity (Wildman–Crippen MR) is 116 cm³/mol. The van der Waals surface area contributed by atoms with Crippen LogP contribution in [0.5, 0.6) is 5.75 Å². The highest BCUT2D eigenvalue weighted by atomic mass is 16.5. The third-order valence-corrected chi connectivity index (χ3v) is 5.22. The summed E-state index contributed by atoms with van der Waals surface area (Å²) in [5, 5.41) is 4.11. The van der Waals surface area contributed by atoms with E-state index in [1.54, 1.807) is 0 Å². The number of carbonyl (C=O) groups is 1. The third-order valence-electron chi connectivity index (χ3n) is 5.22. The number of amides is 1. The molecule has 0 spiro atoms. The van der Waals surface area contributed by atoms with Gasteiger partial charge in [0.2, 0.25) is 0 Å². The Morgan fingerprint density at radius 1 is 1.21 bits per heavy atom. The molecule has 29 heavy (non-hydrogen) atoms.